The van der Waals surface area contributed by atoms with Gasteiger partial charge in [0.2, 0.25) is 0 Å². The number of esters is 1. The number of rotatable bonds is 27. The van der Waals surface area contributed by atoms with Gasteiger partial charge in [0.15, 0.2) is 0 Å². The fourth-order valence-corrected chi connectivity index (χ4v) is 4.56. The number of hydrogen-bond acceptors (Lipinski definition) is 8. The molecule has 0 aliphatic carbocycles. The molecule has 3 atom stereocenters. The number of phosphoric ester groups is 1. The largest absolute Gasteiger partial charge is 0.472 e. The molecular weight excluding hydrogens is 487 g/mol. The van der Waals surface area contributed by atoms with Crippen molar-refractivity contribution in [1.82, 2.24) is 0 Å². The van der Waals surface area contributed by atoms with Gasteiger partial charge in [-0.3, -0.25) is 13.8 Å². The topological polar surface area (TPSA) is 132 Å². The molecule has 0 spiro atoms. The molecule has 216 valence electrons. The van der Waals surface area contributed by atoms with Gasteiger partial charge >= 0.3 is 13.8 Å². The average Bonchev–Trinajstić information content (AvgIpc) is 2.84. The lowest BCUT2D eigenvalue weighted by Crippen LogP contribution is -2.28. The number of unbranched alkanes of at least 4 members (excludes halogenated alkanes) is 15. The van der Waals surface area contributed by atoms with Crippen molar-refractivity contribution in [2.45, 2.75) is 129 Å². The standard InChI is InChI=1S/C26H53O9P/c1-3-4-5-6-7-8-9-10-11-12-13-14-15-16-17-18-19-32-22-26(35-24(2)28)23-34-36(30,31)33-21-25(29)20-27/h25-27,29H,3-23H2,1-2H3,(H,30,31)/t25-,26+/m0/s1. The summed E-state index contributed by atoms with van der Waals surface area (Å²) in [6.45, 7) is 2.48. The predicted octanol–water partition coefficient (Wildman–Crippen LogP) is 5.68. The van der Waals surface area contributed by atoms with E-state index in [0.717, 1.165) is 12.8 Å². The Bertz CT molecular complexity index is 548. The Kier molecular flexibility index (Phi) is 24.4. The van der Waals surface area contributed by atoms with E-state index in [1.54, 1.807) is 0 Å². The third-order valence-corrected chi connectivity index (χ3v) is 6.79. The van der Waals surface area contributed by atoms with Crippen molar-refractivity contribution in [3.8, 4) is 0 Å². The van der Waals surface area contributed by atoms with Crippen LogP contribution in [-0.4, -0.2) is 66.3 Å². The van der Waals surface area contributed by atoms with Gasteiger partial charge in [-0.1, -0.05) is 103 Å². The highest BCUT2D eigenvalue weighted by atomic mass is 31.2. The van der Waals surface area contributed by atoms with Crippen LogP contribution in [0.15, 0.2) is 0 Å². The zero-order chi connectivity index (χ0) is 26.9. The molecule has 0 amide bonds. The number of aliphatic hydroxyl groups is 2. The molecule has 0 fully saturated rings. The molecule has 0 aromatic carbocycles. The second-order valence-electron chi connectivity index (χ2n) is 9.51. The number of phosphoric acid groups is 1. The van der Waals surface area contributed by atoms with Crippen molar-refractivity contribution in [2.24, 2.45) is 0 Å². The zero-order valence-electron chi connectivity index (χ0n) is 22.7. The molecule has 0 aliphatic heterocycles. The first-order valence-corrected chi connectivity index (χ1v) is 15.5. The van der Waals surface area contributed by atoms with E-state index in [2.05, 4.69) is 11.4 Å². The summed E-state index contributed by atoms with van der Waals surface area (Å²) >= 11 is 0. The van der Waals surface area contributed by atoms with Crippen molar-refractivity contribution >= 4 is 13.8 Å². The van der Waals surface area contributed by atoms with Crippen molar-refractivity contribution in [3.63, 3.8) is 0 Å². The number of carbonyl (C=O) groups excluding carboxylic acids is 1. The summed E-state index contributed by atoms with van der Waals surface area (Å²) in [5.41, 5.74) is 0. The van der Waals surface area contributed by atoms with Crippen LogP contribution in [0.1, 0.15) is 117 Å². The molecule has 0 aliphatic rings. The van der Waals surface area contributed by atoms with Crippen LogP contribution in [0, 0.1) is 0 Å². The van der Waals surface area contributed by atoms with Gasteiger partial charge in [0.1, 0.15) is 12.2 Å². The van der Waals surface area contributed by atoms with Crippen LogP contribution in [0.4, 0.5) is 0 Å². The maximum atomic E-state index is 11.8. The summed E-state index contributed by atoms with van der Waals surface area (Å²) < 4.78 is 31.8. The Hall–Kier alpha value is -0.540. The first-order chi connectivity index (χ1) is 17.3. The van der Waals surface area contributed by atoms with Gasteiger partial charge < -0.3 is 24.6 Å². The van der Waals surface area contributed by atoms with E-state index >= 15 is 0 Å². The van der Waals surface area contributed by atoms with Crippen molar-refractivity contribution in [2.75, 3.05) is 33.0 Å². The molecule has 0 saturated carbocycles. The quantitative estimate of drug-likeness (QED) is 0.0683. The van der Waals surface area contributed by atoms with Crippen LogP contribution >= 0.6 is 7.82 Å². The monoisotopic (exact) mass is 540 g/mol. The summed E-state index contributed by atoms with van der Waals surface area (Å²) in [7, 11) is -4.45. The molecule has 9 nitrogen and oxygen atoms in total. The predicted molar refractivity (Wildman–Crippen MR) is 141 cm³/mol. The van der Waals surface area contributed by atoms with Gasteiger partial charge in [-0.2, -0.15) is 0 Å². The van der Waals surface area contributed by atoms with E-state index in [4.69, 9.17) is 19.1 Å². The normalized spacial score (nSPS) is 14.9. The van der Waals surface area contributed by atoms with E-state index in [-0.39, 0.29) is 13.2 Å². The van der Waals surface area contributed by atoms with E-state index in [1.807, 2.05) is 0 Å². The minimum Gasteiger partial charge on any atom is -0.458 e. The summed E-state index contributed by atoms with van der Waals surface area (Å²) in [4.78, 5) is 20.9. The Morgan fingerprint density at radius 3 is 1.64 bits per heavy atom. The summed E-state index contributed by atoms with van der Waals surface area (Å²) in [6.07, 6.45) is 18.6. The van der Waals surface area contributed by atoms with Gasteiger partial charge in [-0.05, 0) is 6.42 Å². The first kappa shape index (κ1) is 35.5. The maximum absolute atomic E-state index is 11.8. The van der Waals surface area contributed by atoms with Crippen LogP contribution < -0.4 is 0 Å². The third-order valence-electron chi connectivity index (χ3n) is 5.84. The lowest BCUT2D eigenvalue weighted by Gasteiger charge is -2.19. The fraction of sp³-hybridized carbons (Fsp3) is 0.962. The number of carbonyl (C=O) groups is 1. The van der Waals surface area contributed by atoms with Gasteiger partial charge in [-0.15, -0.1) is 0 Å². The number of aliphatic hydroxyl groups excluding tert-OH is 2. The lowest BCUT2D eigenvalue weighted by molar-refractivity contribution is -0.151. The Morgan fingerprint density at radius 1 is 0.750 bits per heavy atom. The Balaban J connectivity index is 3.67. The molecule has 0 saturated heterocycles. The van der Waals surface area contributed by atoms with E-state index in [0.29, 0.717) is 6.61 Å². The van der Waals surface area contributed by atoms with Crippen LogP contribution in [-0.2, 0) is 27.9 Å². The smallest absolute Gasteiger partial charge is 0.458 e. The molecule has 1 unspecified atom stereocenters. The summed E-state index contributed by atoms with van der Waals surface area (Å²) in [6, 6.07) is 0. The highest BCUT2D eigenvalue weighted by Gasteiger charge is 2.25. The highest BCUT2D eigenvalue weighted by Crippen LogP contribution is 2.43. The van der Waals surface area contributed by atoms with E-state index in [9.17, 15) is 19.4 Å². The molecule has 36 heavy (non-hydrogen) atoms. The van der Waals surface area contributed by atoms with Crippen molar-refractivity contribution < 1.29 is 43.0 Å². The Morgan fingerprint density at radius 2 is 1.19 bits per heavy atom. The van der Waals surface area contributed by atoms with E-state index in [1.165, 1.54) is 96.8 Å². The molecular formula is C26H53O9P. The zero-order valence-corrected chi connectivity index (χ0v) is 23.6. The second-order valence-corrected chi connectivity index (χ2v) is 11.0. The van der Waals surface area contributed by atoms with Crippen LogP contribution in [0.3, 0.4) is 0 Å². The van der Waals surface area contributed by atoms with Crippen LogP contribution in [0.5, 0.6) is 0 Å². The molecule has 0 rings (SSSR count). The third kappa shape index (κ3) is 25.1. The fourth-order valence-electron chi connectivity index (χ4n) is 3.77. The molecule has 0 aromatic heterocycles. The van der Waals surface area contributed by atoms with Gasteiger partial charge in [-0.25, -0.2) is 4.57 Å². The lowest BCUT2D eigenvalue weighted by atomic mass is 10.0. The van der Waals surface area contributed by atoms with Gasteiger partial charge in [0.05, 0.1) is 26.4 Å². The van der Waals surface area contributed by atoms with Crippen molar-refractivity contribution in [1.29, 1.82) is 0 Å². The maximum Gasteiger partial charge on any atom is 0.472 e. The molecule has 3 N–H and O–H groups in total. The van der Waals surface area contributed by atoms with Gasteiger partial charge in [0.25, 0.3) is 0 Å². The van der Waals surface area contributed by atoms with Crippen LogP contribution in [0.25, 0.3) is 0 Å². The van der Waals surface area contributed by atoms with Crippen molar-refractivity contribution in [3.05, 3.63) is 0 Å². The highest BCUT2D eigenvalue weighted by molar-refractivity contribution is 7.47. The molecule has 0 aromatic rings. The number of ether oxygens (including phenoxy) is 2. The first-order valence-electron chi connectivity index (χ1n) is 14.0. The van der Waals surface area contributed by atoms with Crippen LogP contribution in [0.2, 0.25) is 0 Å². The Labute approximate surface area is 218 Å². The minimum atomic E-state index is -4.45. The second kappa shape index (κ2) is 24.8. The average molecular weight is 541 g/mol. The summed E-state index contributed by atoms with van der Waals surface area (Å²) in [5.74, 6) is -0.556. The molecule has 0 radical (unpaired) electrons. The van der Waals surface area contributed by atoms with Gasteiger partial charge in [0, 0.05) is 13.5 Å². The molecule has 10 heteroatoms. The number of hydrogen-bond donors (Lipinski definition) is 3. The molecule has 0 heterocycles. The molecule has 0 bridgehead atoms. The van der Waals surface area contributed by atoms with E-state index < -0.39 is 39.2 Å². The SMILES string of the molecule is CCCCCCCCCCCCCCCCCCOC[C@H](COP(=O)(O)OC[C@@H](O)CO)OC(C)=O. The minimum absolute atomic E-state index is 0.0393. The summed E-state index contributed by atoms with van der Waals surface area (Å²) in [5, 5.41) is 17.9.